The quantitative estimate of drug-likeness (QED) is 0.645. The van der Waals surface area contributed by atoms with Crippen molar-refractivity contribution in [2.45, 2.75) is 39.8 Å². The van der Waals surface area contributed by atoms with Gasteiger partial charge >= 0.3 is 0 Å². The highest BCUT2D eigenvalue weighted by atomic mass is 32.1. The molecule has 0 saturated heterocycles. The first-order chi connectivity index (χ1) is 9.74. The first-order valence-electron chi connectivity index (χ1n) is 7.56. The van der Waals surface area contributed by atoms with E-state index in [4.69, 9.17) is 0 Å². The van der Waals surface area contributed by atoms with E-state index in [-0.39, 0.29) is 0 Å². The summed E-state index contributed by atoms with van der Waals surface area (Å²) in [6.07, 6.45) is 1.19. The topological polar surface area (TPSA) is 39.7 Å². The number of thiophene rings is 1. The van der Waals surface area contributed by atoms with E-state index in [1.807, 2.05) is 11.3 Å². The van der Waals surface area contributed by atoms with Gasteiger partial charge in [-0.1, -0.05) is 0 Å². The van der Waals surface area contributed by atoms with E-state index in [1.165, 1.54) is 12.0 Å². The summed E-state index contributed by atoms with van der Waals surface area (Å²) in [6.45, 7) is 11.4. The Bertz CT molecular complexity index is 433. The summed E-state index contributed by atoms with van der Waals surface area (Å²) in [5.41, 5.74) is 1.51. The monoisotopic (exact) mass is 294 g/mol. The number of hydrogen-bond acceptors (Lipinski definition) is 3. The molecule has 112 valence electrons. The van der Waals surface area contributed by atoms with E-state index in [2.05, 4.69) is 52.7 Å². The fourth-order valence-electron chi connectivity index (χ4n) is 2.49. The van der Waals surface area contributed by atoms with E-state index >= 15 is 0 Å². The Labute approximate surface area is 126 Å². The molecule has 0 radical (unpaired) electrons. The first-order valence-corrected chi connectivity index (χ1v) is 8.44. The third kappa shape index (κ3) is 3.96. The van der Waals surface area contributed by atoms with Gasteiger partial charge in [0.25, 0.3) is 0 Å². The molecule has 1 aliphatic rings. The highest BCUT2D eigenvalue weighted by Gasteiger charge is 2.21. The second kappa shape index (κ2) is 7.64. The van der Waals surface area contributed by atoms with Crippen LogP contribution in [-0.4, -0.2) is 43.1 Å². The molecule has 1 atom stereocenters. The molecule has 1 aliphatic heterocycles. The number of nitrogens with one attached hydrogen (secondary N) is 2. The van der Waals surface area contributed by atoms with Gasteiger partial charge in [-0.05, 0) is 44.2 Å². The van der Waals surface area contributed by atoms with Crippen LogP contribution in [0.5, 0.6) is 0 Å². The zero-order chi connectivity index (χ0) is 14.4. The van der Waals surface area contributed by atoms with Crippen LogP contribution in [0.15, 0.2) is 16.4 Å². The standard InChI is InChI=1S/C15H26N4S/c1-4-16-15(17-5-2)18-10-12(3)19-8-6-14-13(11-19)7-9-20-14/h7,9,12H,4-6,8,10-11H2,1-3H3,(H2,16,17,18). The van der Waals surface area contributed by atoms with Crippen molar-refractivity contribution in [3.05, 3.63) is 21.9 Å². The highest BCUT2D eigenvalue weighted by molar-refractivity contribution is 7.10. The van der Waals surface area contributed by atoms with Gasteiger partial charge in [0, 0.05) is 37.1 Å². The molecular weight excluding hydrogens is 268 g/mol. The highest BCUT2D eigenvalue weighted by Crippen LogP contribution is 2.25. The van der Waals surface area contributed by atoms with Crippen molar-refractivity contribution in [2.24, 2.45) is 4.99 Å². The Morgan fingerprint density at radius 1 is 1.40 bits per heavy atom. The molecule has 2 rings (SSSR count). The minimum atomic E-state index is 0.482. The smallest absolute Gasteiger partial charge is 0.191 e. The molecule has 0 fully saturated rings. The average Bonchev–Trinajstić information content (AvgIpc) is 2.92. The lowest BCUT2D eigenvalue weighted by atomic mass is 10.1. The van der Waals surface area contributed by atoms with Crippen molar-refractivity contribution in [2.75, 3.05) is 26.2 Å². The molecule has 1 aromatic rings. The normalized spacial score (nSPS) is 16.4. The number of guanidine groups is 1. The lowest BCUT2D eigenvalue weighted by molar-refractivity contribution is 0.197. The van der Waals surface area contributed by atoms with Crippen LogP contribution in [0.3, 0.4) is 0 Å². The molecule has 1 aromatic heterocycles. The fourth-order valence-corrected chi connectivity index (χ4v) is 3.38. The summed E-state index contributed by atoms with van der Waals surface area (Å²) >= 11 is 1.90. The molecule has 5 heteroatoms. The first kappa shape index (κ1) is 15.3. The van der Waals surface area contributed by atoms with E-state index in [0.29, 0.717) is 6.04 Å². The summed E-state index contributed by atoms with van der Waals surface area (Å²) in [6, 6.07) is 2.75. The van der Waals surface area contributed by atoms with Gasteiger partial charge in [0.15, 0.2) is 5.96 Å². The molecule has 2 N–H and O–H groups in total. The number of hydrogen-bond donors (Lipinski definition) is 2. The lowest BCUT2D eigenvalue weighted by Crippen LogP contribution is -2.41. The third-order valence-electron chi connectivity index (χ3n) is 3.66. The molecule has 4 nitrogen and oxygen atoms in total. The molecule has 20 heavy (non-hydrogen) atoms. The van der Waals surface area contributed by atoms with Crippen LogP contribution in [0.4, 0.5) is 0 Å². The molecule has 0 bridgehead atoms. The second-order valence-corrected chi connectivity index (χ2v) is 6.19. The predicted molar refractivity (Wildman–Crippen MR) is 87.6 cm³/mol. The third-order valence-corrected chi connectivity index (χ3v) is 4.69. The average molecular weight is 294 g/mol. The molecular formula is C15H26N4S. The number of aliphatic imine (C=N–C) groups is 1. The van der Waals surface area contributed by atoms with Crippen molar-refractivity contribution in [3.63, 3.8) is 0 Å². The van der Waals surface area contributed by atoms with Gasteiger partial charge in [0.05, 0.1) is 6.54 Å². The van der Waals surface area contributed by atoms with Crippen molar-refractivity contribution < 1.29 is 0 Å². The van der Waals surface area contributed by atoms with E-state index < -0.39 is 0 Å². The van der Waals surface area contributed by atoms with Crippen molar-refractivity contribution in [1.29, 1.82) is 0 Å². The second-order valence-electron chi connectivity index (χ2n) is 5.19. The summed E-state index contributed by atoms with van der Waals surface area (Å²) in [4.78, 5) is 8.78. The van der Waals surface area contributed by atoms with E-state index in [0.717, 1.165) is 38.7 Å². The molecule has 0 spiro atoms. The molecule has 2 heterocycles. The molecule has 0 aromatic carbocycles. The Hall–Kier alpha value is -1.07. The van der Waals surface area contributed by atoms with Crippen LogP contribution in [0, 0.1) is 0 Å². The number of fused-ring (bicyclic) bond motifs is 1. The fraction of sp³-hybridized carbons (Fsp3) is 0.667. The van der Waals surface area contributed by atoms with E-state index in [1.54, 1.807) is 4.88 Å². The maximum atomic E-state index is 4.68. The van der Waals surface area contributed by atoms with Crippen molar-refractivity contribution >= 4 is 17.3 Å². The Kier molecular flexibility index (Phi) is 5.86. The lowest BCUT2D eigenvalue weighted by Gasteiger charge is -2.31. The molecule has 0 aliphatic carbocycles. The molecule has 1 unspecified atom stereocenters. The maximum Gasteiger partial charge on any atom is 0.191 e. The van der Waals surface area contributed by atoms with Crippen LogP contribution in [-0.2, 0) is 13.0 Å². The van der Waals surface area contributed by atoms with Crippen LogP contribution in [0.2, 0.25) is 0 Å². The maximum absolute atomic E-state index is 4.68. The molecule has 0 saturated carbocycles. The van der Waals surface area contributed by atoms with Crippen molar-refractivity contribution in [3.8, 4) is 0 Å². The Balaban J connectivity index is 1.88. The summed E-state index contributed by atoms with van der Waals surface area (Å²) < 4.78 is 0. The minimum Gasteiger partial charge on any atom is -0.357 e. The van der Waals surface area contributed by atoms with Crippen LogP contribution < -0.4 is 10.6 Å². The van der Waals surface area contributed by atoms with Gasteiger partial charge in [-0.15, -0.1) is 11.3 Å². The summed E-state index contributed by atoms with van der Waals surface area (Å²) in [5.74, 6) is 0.926. The largest absolute Gasteiger partial charge is 0.357 e. The molecule has 0 amide bonds. The summed E-state index contributed by atoms with van der Waals surface area (Å²) in [7, 11) is 0. The predicted octanol–water partition coefficient (Wildman–Crippen LogP) is 2.07. The van der Waals surface area contributed by atoms with Crippen LogP contribution >= 0.6 is 11.3 Å². The Morgan fingerprint density at radius 2 is 2.15 bits per heavy atom. The number of rotatable bonds is 5. The minimum absolute atomic E-state index is 0.482. The van der Waals surface area contributed by atoms with Gasteiger partial charge in [-0.25, -0.2) is 0 Å². The van der Waals surface area contributed by atoms with Gasteiger partial charge in [0.2, 0.25) is 0 Å². The van der Waals surface area contributed by atoms with Gasteiger partial charge < -0.3 is 10.6 Å². The zero-order valence-electron chi connectivity index (χ0n) is 12.8. The summed E-state index contributed by atoms with van der Waals surface area (Å²) in [5, 5.41) is 8.76. The van der Waals surface area contributed by atoms with Crippen LogP contribution in [0.25, 0.3) is 0 Å². The van der Waals surface area contributed by atoms with Crippen LogP contribution in [0.1, 0.15) is 31.2 Å². The SMILES string of the molecule is CCNC(=NCC(C)N1CCc2sccc2C1)NCC. The van der Waals surface area contributed by atoms with Gasteiger partial charge in [-0.3, -0.25) is 9.89 Å². The number of nitrogens with zero attached hydrogens (tertiary/aromatic N) is 2. The van der Waals surface area contributed by atoms with E-state index in [9.17, 15) is 0 Å². The van der Waals surface area contributed by atoms with Crippen molar-refractivity contribution in [1.82, 2.24) is 15.5 Å². The van der Waals surface area contributed by atoms with Gasteiger partial charge in [0.1, 0.15) is 0 Å². The zero-order valence-corrected chi connectivity index (χ0v) is 13.6. The Morgan fingerprint density at radius 3 is 2.85 bits per heavy atom. The van der Waals surface area contributed by atoms with Gasteiger partial charge in [-0.2, -0.15) is 0 Å².